The Morgan fingerprint density at radius 3 is 2.26 bits per heavy atom. The van der Waals surface area contributed by atoms with Crippen LogP contribution in [0.2, 0.25) is 5.02 Å². The zero-order valence-electron chi connectivity index (χ0n) is 20.0. The second kappa shape index (κ2) is 10.1. The number of benzene rings is 2. The van der Waals surface area contributed by atoms with Crippen LogP contribution >= 0.6 is 11.6 Å². The normalized spacial score (nSPS) is 24.9. The molecule has 7 nitrogen and oxygen atoms in total. The lowest BCUT2D eigenvalue weighted by Crippen LogP contribution is -2.48. The third-order valence-electron chi connectivity index (χ3n) is 7.73. The second-order valence-corrected chi connectivity index (χ2v) is 10.4. The number of nitrogens with one attached hydrogen (secondary N) is 1. The number of carbonyl (C=O) groups is 4. The largest absolute Gasteiger partial charge is 0.454 e. The van der Waals surface area contributed by atoms with Gasteiger partial charge in [0.15, 0.2) is 6.61 Å². The summed E-state index contributed by atoms with van der Waals surface area (Å²) in [4.78, 5) is 53.4. The Kier molecular flexibility index (Phi) is 6.94. The molecule has 3 aliphatic rings. The fraction of sp³-hybridized carbons (Fsp3) is 0.407. The van der Waals surface area contributed by atoms with Gasteiger partial charge in [-0.05, 0) is 54.9 Å². The Bertz CT molecular complexity index is 1260. The first-order chi connectivity index (χ1) is 18.0. The van der Waals surface area contributed by atoms with E-state index in [0.717, 1.165) is 36.3 Å². The lowest BCUT2D eigenvalue weighted by Gasteiger charge is -2.26. The number of carbonyl (C=O) groups excluding carboxylic acids is 4. The van der Waals surface area contributed by atoms with Crippen molar-refractivity contribution >= 4 is 41.0 Å². The van der Waals surface area contributed by atoms with E-state index in [1.165, 1.54) is 0 Å². The van der Waals surface area contributed by atoms with Crippen molar-refractivity contribution in [3.8, 4) is 0 Å². The molecule has 200 valence electrons. The molecule has 2 saturated carbocycles. The van der Waals surface area contributed by atoms with Crippen molar-refractivity contribution in [3.05, 3.63) is 64.7 Å². The van der Waals surface area contributed by atoms with Crippen molar-refractivity contribution in [2.45, 2.75) is 37.9 Å². The summed E-state index contributed by atoms with van der Waals surface area (Å²) in [5.41, 5.74) is -0.616. The fourth-order valence-electron chi connectivity index (χ4n) is 6.07. The van der Waals surface area contributed by atoms with Crippen molar-refractivity contribution in [1.82, 2.24) is 4.90 Å². The Hall–Kier alpha value is -3.40. The van der Waals surface area contributed by atoms with Crippen molar-refractivity contribution in [3.63, 3.8) is 0 Å². The van der Waals surface area contributed by atoms with E-state index in [-0.39, 0.29) is 40.8 Å². The van der Waals surface area contributed by atoms with Crippen LogP contribution in [-0.4, -0.2) is 41.2 Å². The van der Waals surface area contributed by atoms with E-state index in [2.05, 4.69) is 5.32 Å². The molecule has 1 heterocycles. The van der Waals surface area contributed by atoms with Gasteiger partial charge in [-0.25, -0.2) is 4.79 Å². The fourth-order valence-corrected chi connectivity index (χ4v) is 6.24. The minimum atomic E-state index is -4.65. The molecule has 5 atom stereocenters. The predicted octanol–water partition coefficient (Wildman–Crippen LogP) is 4.48. The molecule has 0 unspecified atom stereocenters. The number of nitrogens with zero attached hydrogens (tertiary/aromatic N) is 1. The number of halogens is 4. The molecule has 0 spiro atoms. The highest BCUT2D eigenvalue weighted by Crippen LogP contribution is 2.56. The number of alkyl halides is 3. The molecule has 3 fully saturated rings. The Balaban J connectivity index is 1.31. The van der Waals surface area contributed by atoms with Crippen molar-refractivity contribution in [1.29, 1.82) is 0 Å². The minimum absolute atomic E-state index is 0.00695. The van der Waals surface area contributed by atoms with Gasteiger partial charge in [-0.2, -0.15) is 13.2 Å². The first-order valence-electron chi connectivity index (χ1n) is 12.3. The van der Waals surface area contributed by atoms with Gasteiger partial charge in [0, 0.05) is 6.42 Å². The molecule has 5 rings (SSSR count). The number of likely N-dealkylation sites (tertiary alicyclic amines) is 1. The number of imide groups is 1. The molecule has 2 aromatic carbocycles. The van der Waals surface area contributed by atoms with E-state index in [1.54, 1.807) is 30.3 Å². The summed E-state index contributed by atoms with van der Waals surface area (Å²) < 4.78 is 44.3. The van der Waals surface area contributed by atoms with Crippen molar-refractivity contribution < 1.29 is 37.1 Å². The number of ether oxygens (including phenoxy) is 1. The molecule has 1 aliphatic heterocycles. The highest BCUT2D eigenvalue weighted by atomic mass is 35.5. The van der Waals surface area contributed by atoms with E-state index >= 15 is 0 Å². The van der Waals surface area contributed by atoms with Crippen LogP contribution in [-0.2, 0) is 36.5 Å². The third kappa shape index (κ3) is 4.89. The second-order valence-electron chi connectivity index (χ2n) is 9.99. The maximum absolute atomic E-state index is 13.4. The molecular formula is C27H24ClF3N2O5. The number of fused-ring (bicyclic) bond motifs is 5. The summed E-state index contributed by atoms with van der Waals surface area (Å²) in [6, 6.07) is 9.97. The van der Waals surface area contributed by atoms with Gasteiger partial charge in [0.2, 0.25) is 11.8 Å². The number of esters is 1. The van der Waals surface area contributed by atoms with E-state index in [0.29, 0.717) is 11.6 Å². The molecular weight excluding hydrogens is 525 g/mol. The monoisotopic (exact) mass is 548 g/mol. The first-order valence-corrected chi connectivity index (χ1v) is 12.7. The SMILES string of the molecule is O=C(COC(=O)[C@H](Cc1ccccc1)N1C(=O)[C@H]2[C@H]3CC[C@@H](C3)[C@@H]2C1=O)Nc1cc(C(F)(F)F)ccc1Cl. The van der Waals surface area contributed by atoms with Crippen LogP contribution in [0.5, 0.6) is 0 Å². The van der Waals surface area contributed by atoms with E-state index in [9.17, 15) is 32.3 Å². The summed E-state index contributed by atoms with van der Waals surface area (Å²) in [6.07, 6.45) is -2.04. The number of anilines is 1. The van der Waals surface area contributed by atoms with Gasteiger partial charge in [0.1, 0.15) is 6.04 Å². The van der Waals surface area contributed by atoms with Gasteiger partial charge in [0.25, 0.3) is 5.91 Å². The van der Waals surface area contributed by atoms with Crippen LogP contribution in [0.4, 0.5) is 18.9 Å². The van der Waals surface area contributed by atoms with Crippen molar-refractivity contribution in [2.24, 2.45) is 23.7 Å². The van der Waals surface area contributed by atoms with E-state index in [1.807, 2.05) is 0 Å². The molecule has 0 radical (unpaired) electrons. The van der Waals surface area contributed by atoms with E-state index < -0.39 is 48.1 Å². The quantitative estimate of drug-likeness (QED) is 0.407. The molecule has 2 aliphatic carbocycles. The molecule has 3 amide bonds. The zero-order valence-corrected chi connectivity index (χ0v) is 20.8. The van der Waals surface area contributed by atoms with Crippen LogP contribution in [0.3, 0.4) is 0 Å². The molecule has 2 aromatic rings. The highest BCUT2D eigenvalue weighted by molar-refractivity contribution is 6.33. The predicted molar refractivity (Wildman–Crippen MR) is 130 cm³/mol. The van der Waals surface area contributed by atoms with Gasteiger partial charge >= 0.3 is 12.1 Å². The number of hydrogen-bond donors (Lipinski definition) is 1. The summed E-state index contributed by atoms with van der Waals surface area (Å²) in [5.74, 6) is -3.25. The molecule has 2 bridgehead atoms. The molecule has 11 heteroatoms. The van der Waals surface area contributed by atoms with Gasteiger partial charge in [-0.1, -0.05) is 41.9 Å². The van der Waals surface area contributed by atoms with Gasteiger partial charge in [-0.3, -0.25) is 19.3 Å². The van der Waals surface area contributed by atoms with Gasteiger partial charge < -0.3 is 10.1 Å². The molecule has 1 saturated heterocycles. The molecule has 38 heavy (non-hydrogen) atoms. The van der Waals surface area contributed by atoms with Crippen LogP contribution in [0.15, 0.2) is 48.5 Å². The molecule has 1 N–H and O–H groups in total. The lowest BCUT2D eigenvalue weighted by atomic mass is 9.81. The summed E-state index contributed by atoms with van der Waals surface area (Å²) in [7, 11) is 0. The van der Waals surface area contributed by atoms with Gasteiger partial charge in [0.05, 0.1) is 28.1 Å². The van der Waals surface area contributed by atoms with Crippen LogP contribution in [0.1, 0.15) is 30.4 Å². The Labute approximate surface area is 221 Å². The lowest BCUT2D eigenvalue weighted by molar-refractivity contribution is -0.160. The summed E-state index contributed by atoms with van der Waals surface area (Å²) in [6.45, 7) is -0.842. The Morgan fingerprint density at radius 2 is 1.66 bits per heavy atom. The number of rotatable bonds is 7. The van der Waals surface area contributed by atoms with Crippen LogP contribution in [0, 0.1) is 23.7 Å². The Morgan fingerprint density at radius 1 is 1.03 bits per heavy atom. The maximum Gasteiger partial charge on any atom is 0.416 e. The van der Waals surface area contributed by atoms with E-state index in [4.69, 9.17) is 16.3 Å². The van der Waals surface area contributed by atoms with Crippen LogP contribution in [0.25, 0.3) is 0 Å². The first kappa shape index (κ1) is 26.2. The average molecular weight is 549 g/mol. The summed E-state index contributed by atoms with van der Waals surface area (Å²) in [5, 5.41) is 2.08. The molecule has 0 aromatic heterocycles. The number of hydrogen-bond acceptors (Lipinski definition) is 5. The number of amides is 3. The third-order valence-corrected chi connectivity index (χ3v) is 8.06. The minimum Gasteiger partial charge on any atom is -0.454 e. The smallest absolute Gasteiger partial charge is 0.416 e. The maximum atomic E-state index is 13.4. The van der Waals surface area contributed by atoms with Crippen molar-refractivity contribution in [2.75, 3.05) is 11.9 Å². The standard InChI is InChI=1S/C27H24ClF3N2O5/c28-18-9-8-17(27(29,30)31)12-19(18)32-21(34)13-38-26(37)20(10-14-4-2-1-3-5-14)33-24(35)22-15-6-7-16(11-15)23(22)25(33)36/h1-5,8-9,12,15-16,20,22-23H,6-7,10-11,13H2,(H,32,34)/t15-,16-,20-,22-,23-/m0/s1. The summed E-state index contributed by atoms with van der Waals surface area (Å²) >= 11 is 5.92. The average Bonchev–Trinajstić information content (AvgIpc) is 3.56. The van der Waals surface area contributed by atoms with Gasteiger partial charge in [-0.15, -0.1) is 0 Å². The zero-order chi connectivity index (χ0) is 27.2. The topological polar surface area (TPSA) is 92.8 Å². The van der Waals surface area contributed by atoms with Crippen LogP contribution < -0.4 is 5.32 Å². The highest BCUT2D eigenvalue weighted by Gasteiger charge is 2.62.